The zero-order valence-corrected chi connectivity index (χ0v) is 11.5. The first-order valence-corrected chi connectivity index (χ1v) is 6.83. The Kier molecular flexibility index (Phi) is 3.79. The van der Waals surface area contributed by atoms with E-state index in [-0.39, 0.29) is 11.9 Å². The van der Waals surface area contributed by atoms with Gasteiger partial charge in [0, 0.05) is 35.6 Å². The van der Waals surface area contributed by atoms with Crippen molar-refractivity contribution < 1.29 is 4.39 Å². The standard InChI is InChI=1S/C17H16FN3/c18-13-5-3-6-14(8-13)21-17(9-19)16-11-20-10-12-4-1-2-7-15(12)16/h1-8,10-11,17,21H,9,19H2. The Morgan fingerprint density at radius 1 is 1.10 bits per heavy atom. The van der Waals surface area contributed by atoms with E-state index >= 15 is 0 Å². The fourth-order valence-corrected chi connectivity index (χ4v) is 2.46. The van der Waals surface area contributed by atoms with Gasteiger partial charge in [0.15, 0.2) is 0 Å². The third kappa shape index (κ3) is 2.85. The Morgan fingerprint density at radius 3 is 2.76 bits per heavy atom. The summed E-state index contributed by atoms with van der Waals surface area (Å²) in [5.41, 5.74) is 7.62. The molecule has 1 atom stereocenters. The molecule has 0 fully saturated rings. The first kappa shape index (κ1) is 13.5. The molecule has 0 amide bonds. The third-order valence-corrected chi connectivity index (χ3v) is 3.48. The highest BCUT2D eigenvalue weighted by Crippen LogP contribution is 2.25. The minimum Gasteiger partial charge on any atom is -0.377 e. The molecule has 2 aromatic carbocycles. The van der Waals surface area contributed by atoms with Crippen molar-refractivity contribution in [1.82, 2.24) is 4.98 Å². The summed E-state index contributed by atoms with van der Waals surface area (Å²) in [4.78, 5) is 4.27. The van der Waals surface area contributed by atoms with Crippen molar-refractivity contribution in [3.05, 3.63) is 72.3 Å². The third-order valence-electron chi connectivity index (χ3n) is 3.48. The predicted octanol–water partition coefficient (Wildman–Crippen LogP) is 3.49. The number of nitrogens with zero attached hydrogens (tertiary/aromatic N) is 1. The molecule has 0 radical (unpaired) electrons. The molecule has 21 heavy (non-hydrogen) atoms. The fourth-order valence-electron chi connectivity index (χ4n) is 2.46. The lowest BCUT2D eigenvalue weighted by Crippen LogP contribution is -2.21. The van der Waals surface area contributed by atoms with E-state index in [4.69, 9.17) is 5.73 Å². The maximum absolute atomic E-state index is 13.3. The molecule has 0 aliphatic rings. The van der Waals surface area contributed by atoms with Crippen LogP contribution in [0.1, 0.15) is 11.6 Å². The van der Waals surface area contributed by atoms with Crippen LogP contribution in [0.25, 0.3) is 10.8 Å². The van der Waals surface area contributed by atoms with E-state index in [2.05, 4.69) is 10.3 Å². The fraction of sp³-hybridized carbons (Fsp3) is 0.118. The van der Waals surface area contributed by atoms with Crippen LogP contribution in [-0.2, 0) is 0 Å². The van der Waals surface area contributed by atoms with Gasteiger partial charge in [-0.2, -0.15) is 0 Å². The van der Waals surface area contributed by atoms with E-state index in [1.807, 2.05) is 42.7 Å². The van der Waals surface area contributed by atoms with Crippen LogP contribution in [0.3, 0.4) is 0 Å². The van der Waals surface area contributed by atoms with Crippen LogP contribution in [0.2, 0.25) is 0 Å². The minimum absolute atomic E-state index is 0.120. The molecule has 0 bridgehead atoms. The summed E-state index contributed by atoms with van der Waals surface area (Å²) in [6.07, 6.45) is 3.64. The van der Waals surface area contributed by atoms with Gasteiger partial charge in [-0.15, -0.1) is 0 Å². The topological polar surface area (TPSA) is 50.9 Å². The number of halogens is 1. The van der Waals surface area contributed by atoms with Crippen molar-refractivity contribution in [3.8, 4) is 0 Å². The summed E-state index contributed by atoms with van der Waals surface area (Å²) < 4.78 is 13.3. The van der Waals surface area contributed by atoms with Crippen LogP contribution in [0.5, 0.6) is 0 Å². The Labute approximate surface area is 122 Å². The van der Waals surface area contributed by atoms with E-state index in [1.54, 1.807) is 6.07 Å². The Balaban J connectivity index is 1.98. The van der Waals surface area contributed by atoms with Crippen LogP contribution in [0.4, 0.5) is 10.1 Å². The van der Waals surface area contributed by atoms with Gasteiger partial charge < -0.3 is 11.1 Å². The number of pyridine rings is 1. The molecule has 1 aromatic heterocycles. The highest BCUT2D eigenvalue weighted by Gasteiger charge is 2.13. The minimum atomic E-state index is -0.271. The monoisotopic (exact) mass is 281 g/mol. The number of rotatable bonds is 4. The van der Waals surface area contributed by atoms with Crippen molar-refractivity contribution >= 4 is 16.5 Å². The average molecular weight is 281 g/mol. The second-order valence-electron chi connectivity index (χ2n) is 4.89. The molecule has 3 rings (SSSR count). The molecule has 3 nitrogen and oxygen atoms in total. The molecule has 3 aromatic rings. The van der Waals surface area contributed by atoms with E-state index < -0.39 is 0 Å². The summed E-state index contributed by atoms with van der Waals surface area (Å²) in [5.74, 6) is -0.271. The van der Waals surface area contributed by atoms with Gasteiger partial charge in [-0.05, 0) is 23.6 Å². The van der Waals surface area contributed by atoms with Crippen LogP contribution in [0.15, 0.2) is 60.9 Å². The lowest BCUT2D eigenvalue weighted by atomic mass is 10.0. The number of nitrogens with one attached hydrogen (secondary N) is 1. The van der Waals surface area contributed by atoms with Gasteiger partial charge in [-0.3, -0.25) is 4.98 Å². The maximum Gasteiger partial charge on any atom is 0.125 e. The largest absolute Gasteiger partial charge is 0.377 e. The van der Waals surface area contributed by atoms with Gasteiger partial charge in [-0.1, -0.05) is 30.3 Å². The van der Waals surface area contributed by atoms with E-state index in [0.29, 0.717) is 12.2 Å². The quantitative estimate of drug-likeness (QED) is 0.769. The number of fused-ring (bicyclic) bond motifs is 1. The van der Waals surface area contributed by atoms with Crippen molar-refractivity contribution in [2.24, 2.45) is 5.73 Å². The summed E-state index contributed by atoms with van der Waals surface area (Å²) >= 11 is 0. The van der Waals surface area contributed by atoms with Gasteiger partial charge in [0.2, 0.25) is 0 Å². The van der Waals surface area contributed by atoms with Crippen molar-refractivity contribution in [2.45, 2.75) is 6.04 Å². The van der Waals surface area contributed by atoms with Crippen LogP contribution in [0, 0.1) is 5.82 Å². The molecule has 0 saturated heterocycles. The first-order chi connectivity index (χ1) is 10.3. The maximum atomic E-state index is 13.3. The molecule has 0 aliphatic heterocycles. The van der Waals surface area contributed by atoms with Crippen molar-refractivity contribution in [3.63, 3.8) is 0 Å². The number of nitrogens with two attached hydrogens (primary N) is 1. The Hall–Kier alpha value is -2.46. The van der Waals surface area contributed by atoms with Gasteiger partial charge >= 0.3 is 0 Å². The van der Waals surface area contributed by atoms with Gasteiger partial charge in [0.1, 0.15) is 5.82 Å². The van der Waals surface area contributed by atoms with Crippen molar-refractivity contribution in [2.75, 3.05) is 11.9 Å². The number of benzene rings is 2. The molecule has 4 heteroatoms. The molecule has 1 unspecified atom stereocenters. The lowest BCUT2D eigenvalue weighted by Gasteiger charge is -2.20. The van der Waals surface area contributed by atoms with Crippen LogP contribution in [-0.4, -0.2) is 11.5 Å². The van der Waals surface area contributed by atoms with E-state index in [9.17, 15) is 4.39 Å². The molecule has 3 N–H and O–H groups in total. The van der Waals surface area contributed by atoms with Crippen molar-refractivity contribution in [1.29, 1.82) is 0 Å². The number of hydrogen-bond acceptors (Lipinski definition) is 3. The highest BCUT2D eigenvalue weighted by atomic mass is 19.1. The smallest absolute Gasteiger partial charge is 0.125 e. The van der Waals surface area contributed by atoms with Gasteiger partial charge in [0.25, 0.3) is 0 Å². The second kappa shape index (κ2) is 5.89. The molecule has 0 saturated carbocycles. The SMILES string of the molecule is NCC(Nc1cccc(F)c1)c1cncc2ccccc12. The summed E-state index contributed by atoms with van der Waals surface area (Å²) in [5, 5.41) is 5.44. The molecule has 106 valence electrons. The number of hydrogen-bond donors (Lipinski definition) is 2. The zero-order chi connectivity index (χ0) is 14.7. The van der Waals surface area contributed by atoms with Gasteiger partial charge in [-0.25, -0.2) is 4.39 Å². The summed E-state index contributed by atoms with van der Waals surface area (Å²) in [6, 6.07) is 14.3. The van der Waals surface area contributed by atoms with E-state index in [1.165, 1.54) is 12.1 Å². The van der Waals surface area contributed by atoms with Crippen LogP contribution < -0.4 is 11.1 Å². The lowest BCUT2D eigenvalue weighted by molar-refractivity contribution is 0.627. The molecular formula is C17H16FN3. The Bertz CT molecular complexity index is 752. The van der Waals surface area contributed by atoms with E-state index in [0.717, 1.165) is 16.3 Å². The molecule has 0 aliphatic carbocycles. The number of anilines is 1. The zero-order valence-electron chi connectivity index (χ0n) is 11.5. The average Bonchev–Trinajstić information content (AvgIpc) is 2.52. The van der Waals surface area contributed by atoms with Crippen LogP contribution >= 0.6 is 0 Å². The predicted molar refractivity (Wildman–Crippen MR) is 83.6 cm³/mol. The number of aromatic nitrogens is 1. The summed E-state index contributed by atoms with van der Waals surface area (Å²) in [6.45, 7) is 0.395. The van der Waals surface area contributed by atoms with Gasteiger partial charge in [0.05, 0.1) is 6.04 Å². The highest BCUT2D eigenvalue weighted by molar-refractivity contribution is 5.85. The molecule has 1 heterocycles. The normalized spacial score (nSPS) is 12.3. The molecular weight excluding hydrogens is 265 g/mol. The molecule has 0 spiro atoms. The first-order valence-electron chi connectivity index (χ1n) is 6.83. The Morgan fingerprint density at radius 2 is 1.95 bits per heavy atom. The summed E-state index contributed by atoms with van der Waals surface area (Å²) in [7, 11) is 0. The second-order valence-corrected chi connectivity index (χ2v) is 4.89.